The fourth-order valence-electron chi connectivity index (χ4n) is 6.67. The molecule has 2 unspecified atom stereocenters. The summed E-state index contributed by atoms with van der Waals surface area (Å²) >= 11 is 0. The van der Waals surface area contributed by atoms with Crippen LogP contribution in [0.2, 0.25) is 0 Å². The Balaban J connectivity index is 1.67. The van der Waals surface area contributed by atoms with Gasteiger partial charge in [0, 0.05) is 30.8 Å². The predicted molar refractivity (Wildman–Crippen MR) is 171 cm³/mol. The van der Waals surface area contributed by atoms with Gasteiger partial charge in [-0.05, 0) is 49.8 Å². The van der Waals surface area contributed by atoms with E-state index in [0.717, 1.165) is 48.4 Å². The number of ketones is 1. The first-order valence-electron chi connectivity index (χ1n) is 16.5. The highest BCUT2D eigenvalue weighted by molar-refractivity contribution is 5.94. The molecule has 2 aliphatic rings. The zero-order chi connectivity index (χ0) is 32.5. The van der Waals surface area contributed by atoms with Crippen LogP contribution in [-0.4, -0.2) is 83.3 Å². The molecule has 11 nitrogen and oxygen atoms in total. The Morgan fingerprint density at radius 1 is 1.00 bits per heavy atom. The van der Waals surface area contributed by atoms with Crippen molar-refractivity contribution in [2.75, 3.05) is 13.7 Å². The summed E-state index contributed by atoms with van der Waals surface area (Å²) in [5.41, 5.74) is 1.64. The van der Waals surface area contributed by atoms with Crippen LogP contribution in [0.5, 0.6) is 0 Å². The molecule has 4 rings (SSSR count). The number of aldehydes is 1. The number of carbonyl (C=O) groups is 5. The lowest BCUT2D eigenvalue weighted by Crippen LogP contribution is -2.66. The van der Waals surface area contributed by atoms with Crippen LogP contribution in [0, 0.1) is 5.92 Å². The zero-order valence-electron chi connectivity index (χ0n) is 27.1. The lowest BCUT2D eigenvalue weighted by molar-refractivity contribution is -0.138. The Morgan fingerprint density at radius 2 is 1.73 bits per heavy atom. The van der Waals surface area contributed by atoms with Crippen molar-refractivity contribution < 1.29 is 28.8 Å². The number of benzene rings is 1. The van der Waals surface area contributed by atoms with Crippen molar-refractivity contribution in [2.24, 2.45) is 5.92 Å². The largest absolute Gasteiger partial charge is 0.417 e. The van der Waals surface area contributed by atoms with Gasteiger partial charge in [-0.3, -0.25) is 24.1 Å². The first kappa shape index (κ1) is 34.1. The number of piperidine rings is 1. The molecule has 1 aromatic carbocycles. The summed E-state index contributed by atoms with van der Waals surface area (Å²) in [6.45, 7) is 6.27. The van der Waals surface area contributed by atoms with Crippen LogP contribution in [0.25, 0.3) is 10.9 Å². The fraction of sp³-hybridized carbons (Fsp3) is 0.618. The Morgan fingerprint density at radius 3 is 2.44 bits per heavy atom. The lowest BCUT2D eigenvalue weighted by Gasteiger charge is -2.43. The molecule has 0 spiro atoms. The van der Waals surface area contributed by atoms with Gasteiger partial charge < -0.3 is 25.6 Å². The van der Waals surface area contributed by atoms with Crippen molar-refractivity contribution in [2.45, 2.75) is 115 Å². The molecule has 0 aliphatic carbocycles. The van der Waals surface area contributed by atoms with E-state index < -0.39 is 36.1 Å². The lowest BCUT2D eigenvalue weighted by atomic mass is 9.90. The van der Waals surface area contributed by atoms with Gasteiger partial charge in [-0.2, -0.15) is 4.73 Å². The number of carbonyl (C=O) groups excluding carboxylic acids is 5. The molecule has 2 fully saturated rings. The third kappa shape index (κ3) is 8.31. The minimum Gasteiger partial charge on any atom is -0.417 e. The van der Waals surface area contributed by atoms with E-state index in [1.54, 1.807) is 11.8 Å². The van der Waals surface area contributed by atoms with E-state index in [-0.39, 0.29) is 29.9 Å². The predicted octanol–water partition coefficient (Wildman–Crippen LogP) is 2.72. The van der Waals surface area contributed by atoms with Gasteiger partial charge in [0.25, 0.3) is 0 Å². The van der Waals surface area contributed by atoms with Gasteiger partial charge in [-0.15, -0.1) is 0 Å². The Kier molecular flexibility index (Phi) is 12.2. The Hall–Kier alpha value is -3.73. The van der Waals surface area contributed by atoms with Gasteiger partial charge in [0.15, 0.2) is 0 Å². The van der Waals surface area contributed by atoms with Gasteiger partial charge in [0.1, 0.15) is 31.3 Å². The van der Waals surface area contributed by atoms with E-state index in [0.29, 0.717) is 38.6 Å². The number of nitrogens with zero attached hydrogens (tertiary/aromatic N) is 2. The highest BCUT2D eigenvalue weighted by atomic mass is 16.6. The highest BCUT2D eigenvalue weighted by Crippen LogP contribution is 2.25. The molecule has 11 heteroatoms. The number of hydrogen-bond donors (Lipinski definition) is 3. The van der Waals surface area contributed by atoms with Crippen LogP contribution >= 0.6 is 0 Å². The average Bonchev–Trinajstić information content (AvgIpc) is 3.40. The second kappa shape index (κ2) is 16.0. The quantitative estimate of drug-likeness (QED) is 0.244. The van der Waals surface area contributed by atoms with Gasteiger partial charge in [0.2, 0.25) is 17.7 Å². The highest BCUT2D eigenvalue weighted by Gasteiger charge is 2.41. The van der Waals surface area contributed by atoms with Crippen molar-refractivity contribution in [3.8, 4) is 0 Å². The minimum absolute atomic E-state index is 0.114. The molecule has 3 N–H and O–H groups in total. The molecule has 246 valence electrons. The molecular weight excluding hydrogens is 574 g/mol. The van der Waals surface area contributed by atoms with E-state index in [1.807, 2.05) is 56.1 Å². The summed E-state index contributed by atoms with van der Waals surface area (Å²) in [6, 6.07) is 3.98. The Bertz CT molecular complexity index is 1360. The number of hydrogen-bond acceptors (Lipinski definition) is 7. The molecule has 2 saturated heterocycles. The van der Waals surface area contributed by atoms with Crippen molar-refractivity contribution in [1.29, 1.82) is 0 Å². The van der Waals surface area contributed by atoms with Crippen LogP contribution < -0.4 is 20.8 Å². The number of Topliss-reactive ketones (excluding diaryl/α,β-unsaturated/α-hetero) is 1. The number of amides is 3. The summed E-state index contributed by atoms with van der Waals surface area (Å²) in [4.78, 5) is 73.6. The fourth-order valence-corrected chi connectivity index (χ4v) is 6.67. The number of nitrogens with one attached hydrogen (secondary N) is 3. The average molecular weight is 624 g/mol. The van der Waals surface area contributed by atoms with Gasteiger partial charge in [-0.25, -0.2) is 0 Å². The van der Waals surface area contributed by atoms with E-state index in [1.165, 1.54) is 0 Å². The van der Waals surface area contributed by atoms with Crippen molar-refractivity contribution in [1.82, 2.24) is 25.6 Å². The van der Waals surface area contributed by atoms with Crippen molar-refractivity contribution in [3.05, 3.63) is 36.0 Å². The third-order valence-corrected chi connectivity index (χ3v) is 9.25. The number of para-hydroxylation sites is 1. The molecule has 3 amide bonds. The van der Waals surface area contributed by atoms with Crippen molar-refractivity contribution in [3.63, 3.8) is 0 Å². The van der Waals surface area contributed by atoms with Gasteiger partial charge in [0.05, 0.1) is 23.6 Å². The maximum Gasteiger partial charge on any atom is 0.243 e. The molecule has 2 aromatic rings. The topological polar surface area (TPSA) is 139 Å². The van der Waals surface area contributed by atoms with Crippen LogP contribution in [0.3, 0.4) is 0 Å². The second-order valence-electron chi connectivity index (χ2n) is 12.7. The maximum absolute atomic E-state index is 14.1. The van der Waals surface area contributed by atoms with Gasteiger partial charge in [-0.1, -0.05) is 58.2 Å². The van der Waals surface area contributed by atoms with E-state index >= 15 is 0 Å². The van der Waals surface area contributed by atoms with Crippen LogP contribution in [-0.2, 0) is 30.4 Å². The molecule has 0 bridgehead atoms. The van der Waals surface area contributed by atoms with Crippen LogP contribution in [0.4, 0.5) is 0 Å². The second-order valence-corrected chi connectivity index (χ2v) is 12.7. The van der Waals surface area contributed by atoms with Gasteiger partial charge >= 0.3 is 0 Å². The number of fused-ring (bicyclic) bond motifs is 2. The number of aromatic nitrogens is 1. The summed E-state index contributed by atoms with van der Waals surface area (Å²) < 4.78 is 1.63. The zero-order valence-corrected chi connectivity index (χ0v) is 27.1. The van der Waals surface area contributed by atoms with Crippen molar-refractivity contribution >= 4 is 40.7 Å². The normalized spacial score (nSPS) is 25.0. The standard InChI is InChI=1S/C34H49N5O6/c1-5-24(41)13-7-6-8-15-26-32(42)36-27(19-23-20-39(45-4)28-16-10-9-14-25(23)28)33(43)37-31(22(2)3)30(21-40)38-18-12-11-17-29(38)34(44)35-26/h9-10,14,16,20-22,26-27,29-31H,5-8,11-13,15,17-19H2,1-4H3,(H,35,44)(H,36,42)(H,37,43)/t26-,27-,29+,30?,31?/m0/s1. The molecule has 2 aliphatic heterocycles. The number of unbranched alkanes of at least 4 members (excludes halogenated alkanes) is 2. The first-order chi connectivity index (χ1) is 21.7. The van der Waals surface area contributed by atoms with Crippen LogP contribution in [0.15, 0.2) is 30.5 Å². The summed E-state index contributed by atoms with van der Waals surface area (Å²) in [5, 5.41) is 9.95. The molecular formula is C34H49N5O6. The molecule has 0 saturated carbocycles. The minimum atomic E-state index is -0.972. The molecule has 45 heavy (non-hydrogen) atoms. The third-order valence-electron chi connectivity index (χ3n) is 9.25. The summed E-state index contributed by atoms with van der Waals surface area (Å²) in [7, 11) is 1.56. The monoisotopic (exact) mass is 623 g/mol. The first-order valence-corrected chi connectivity index (χ1v) is 16.5. The smallest absolute Gasteiger partial charge is 0.243 e. The van der Waals surface area contributed by atoms with E-state index in [4.69, 9.17) is 4.84 Å². The molecule has 5 atom stereocenters. The van der Waals surface area contributed by atoms with E-state index in [9.17, 15) is 24.0 Å². The molecule has 1 aromatic heterocycles. The molecule has 3 heterocycles. The number of rotatable bonds is 12. The molecule has 0 radical (unpaired) electrons. The Labute approximate surface area is 265 Å². The maximum atomic E-state index is 14.1. The van der Waals surface area contributed by atoms with Crippen LogP contribution in [0.1, 0.15) is 84.1 Å². The van der Waals surface area contributed by atoms with E-state index in [2.05, 4.69) is 16.0 Å². The summed E-state index contributed by atoms with van der Waals surface area (Å²) in [6.07, 6.45) is 8.53. The summed E-state index contributed by atoms with van der Waals surface area (Å²) in [5.74, 6) is -1.01. The SMILES string of the molecule is CCC(=O)CCCCC[C@@H]1NC(=O)[C@H]2CCCCN2C(C=O)C(C(C)C)NC(=O)[C@H](Cc2cn(OC)c3ccccc23)NC1=O.